The second-order valence-corrected chi connectivity index (χ2v) is 11.8. The lowest BCUT2D eigenvalue weighted by Gasteiger charge is -2.44. The minimum atomic E-state index is 0.0301. The normalized spacial score (nSPS) is 24.8. The molecule has 0 spiro atoms. The second-order valence-electron chi connectivity index (χ2n) is 10.8. The van der Waals surface area contributed by atoms with E-state index < -0.39 is 0 Å². The molecule has 2 saturated heterocycles. The van der Waals surface area contributed by atoms with E-state index in [1.54, 1.807) is 0 Å². The number of aromatic nitrogens is 3. The van der Waals surface area contributed by atoms with Crippen molar-refractivity contribution in [2.24, 2.45) is 11.3 Å². The van der Waals surface area contributed by atoms with Crippen LogP contribution in [0.3, 0.4) is 0 Å². The van der Waals surface area contributed by atoms with Crippen LogP contribution < -0.4 is 9.80 Å². The first-order chi connectivity index (χ1) is 16.9. The van der Waals surface area contributed by atoms with Gasteiger partial charge in [0.1, 0.15) is 5.82 Å². The molecule has 1 amide bonds. The Labute approximate surface area is 215 Å². The van der Waals surface area contributed by atoms with E-state index in [9.17, 15) is 4.79 Å². The molecular weight excluding hydrogens is 504 g/mol. The number of benzene rings is 1. The Balaban J connectivity index is 1.40. The number of carbonyl (C=O) groups excluding carboxylic acids is 1. The van der Waals surface area contributed by atoms with Gasteiger partial charge >= 0.3 is 0 Å². The van der Waals surface area contributed by atoms with Crippen molar-refractivity contribution >= 4 is 33.3 Å². The van der Waals surface area contributed by atoms with Crippen LogP contribution in [-0.2, 0) is 4.79 Å². The third-order valence-corrected chi connectivity index (χ3v) is 8.65. The highest BCUT2D eigenvalue weighted by atomic mass is 79.9. The van der Waals surface area contributed by atoms with Gasteiger partial charge in [0, 0.05) is 56.0 Å². The van der Waals surface area contributed by atoms with Crippen molar-refractivity contribution in [3.05, 3.63) is 47.2 Å². The third kappa shape index (κ3) is 4.26. The Bertz CT molecular complexity index is 1230. The number of halogens is 1. The predicted octanol–water partition coefficient (Wildman–Crippen LogP) is 4.92. The number of H-pyrrole nitrogens is 1. The molecule has 5 aliphatic heterocycles. The van der Waals surface area contributed by atoms with Gasteiger partial charge in [-0.05, 0) is 61.4 Å². The molecule has 2 fully saturated rings. The Morgan fingerprint density at radius 3 is 2.69 bits per heavy atom. The van der Waals surface area contributed by atoms with E-state index in [2.05, 4.69) is 77.9 Å². The molecule has 1 aromatic carbocycles. The number of nitrogens with zero attached hydrogens (tertiary/aromatic N) is 5. The molecule has 8 heteroatoms. The topological polar surface area (TPSA) is 60.4 Å². The summed E-state index contributed by atoms with van der Waals surface area (Å²) in [6.45, 7) is 6.82. The number of fused-ring (bicyclic) bond motifs is 1. The van der Waals surface area contributed by atoms with Gasteiger partial charge in [0.25, 0.3) is 0 Å². The fraction of sp³-hybridized carbons (Fsp3) is 0.481. The number of rotatable bonds is 0. The van der Waals surface area contributed by atoms with Crippen molar-refractivity contribution in [3.8, 4) is 16.9 Å². The van der Waals surface area contributed by atoms with E-state index in [0.29, 0.717) is 0 Å². The molecule has 0 saturated carbocycles. The smallest absolute Gasteiger partial charge is 0.227 e. The van der Waals surface area contributed by atoms with Gasteiger partial charge in [-0.25, -0.2) is 4.98 Å². The number of hydrogen-bond acceptors (Lipinski definition) is 4. The van der Waals surface area contributed by atoms with E-state index in [1.807, 2.05) is 24.2 Å². The number of pyridine rings is 1. The van der Waals surface area contributed by atoms with Crippen molar-refractivity contribution in [3.63, 3.8) is 0 Å². The van der Waals surface area contributed by atoms with E-state index in [0.717, 1.165) is 85.6 Å². The van der Waals surface area contributed by atoms with Crippen LogP contribution in [0.15, 0.2) is 47.2 Å². The van der Waals surface area contributed by atoms with Gasteiger partial charge in [-0.1, -0.05) is 22.9 Å². The molecule has 5 aliphatic rings. The number of amides is 1. The van der Waals surface area contributed by atoms with E-state index >= 15 is 0 Å². The SMILES string of the molecule is CN1CC2(C)CCN(CC2)c2cc(Br)ccc2-n2cc([nH]2)-c2ccnc(c2)N2CCCC(C2)C1=O. The number of nitrogens with one attached hydrogen (secondary N) is 1. The number of carbonyl (C=O) groups is 1. The first-order valence-corrected chi connectivity index (χ1v) is 13.5. The van der Waals surface area contributed by atoms with Gasteiger partial charge in [-0.2, -0.15) is 0 Å². The van der Waals surface area contributed by atoms with Crippen LogP contribution in [0.4, 0.5) is 11.5 Å². The number of hydrogen-bond donors (Lipinski definition) is 1. The van der Waals surface area contributed by atoms with Crippen molar-refractivity contribution in [2.75, 3.05) is 49.6 Å². The summed E-state index contributed by atoms with van der Waals surface area (Å²) < 4.78 is 3.21. The molecule has 2 aromatic heterocycles. The Morgan fingerprint density at radius 1 is 1.09 bits per heavy atom. The van der Waals surface area contributed by atoms with Crippen LogP contribution in [-0.4, -0.2) is 65.3 Å². The molecule has 0 radical (unpaired) electrons. The summed E-state index contributed by atoms with van der Waals surface area (Å²) in [4.78, 5) is 24.9. The van der Waals surface area contributed by atoms with Crippen molar-refractivity contribution < 1.29 is 4.79 Å². The fourth-order valence-electron chi connectivity index (χ4n) is 6.03. The Hall–Kier alpha value is -2.74. The highest BCUT2D eigenvalue weighted by Gasteiger charge is 2.36. The van der Waals surface area contributed by atoms with E-state index in [-0.39, 0.29) is 17.2 Å². The molecule has 8 rings (SSSR count). The molecule has 7 nitrogen and oxygen atoms in total. The zero-order chi connectivity index (χ0) is 24.2. The van der Waals surface area contributed by atoms with Crippen molar-refractivity contribution in [2.45, 2.75) is 32.6 Å². The lowest BCUT2D eigenvalue weighted by atomic mass is 9.79. The minimum Gasteiger partial charge on any atom is -0.370 e. The maximum absolute atomic E-state index is 13.5. The molecule has 1 atom stereocenters. The van der Waals surface area contributed by atoms with Crippen LogP contribution in [0.2, 0.25) is 0 Å². The monoisotopic (exact) mass is 536 g/mol. The zero-order valence-electron chi connectivity index (χ0n) is 20.5. The molecule has 8 bridgehead atoms. The van der Waals surface area contributed by atoms with Crippen LogP contribution in [0.5, 0.6) is 0 Å². The molecule has 0 aliphatic carbocycles. The Morgan fingerprint density at radius 2 is 1.89 bits per heavy atom. The summed E-state index contributed by atoms with van der Waals surface area (Å²) in [5.41, 5.74) is 4.71. The maximum atomic E-state index is 13.5. The average molecular weight is 538 g/mol. The summed E-state index contributed by atoms with van der Waals surface area (Å²) >= 11 is 3.68. The average Bonchev–Trinajstić information content (AvgIpc) is 2.83. The van der Waals surface area contributed by atoms with Crippen molar-refractivity contribution in [1.82, 2.24) is 19.7 Å². The van der Waals surface area contributed by atoms with Gasteiger partial charge in [-0.3, -0.25) is 14.6 Å². The first kappa shape index (κ1) is 22.7. The number of piperidine rings is 2. The van der Waals surface area contributed by atoms with Crippen LogP contribution in [0.25, 0.3) is 16.9 Å². The predicted molar refractivity (Wildman–Crippen MR) is 143 cm³/mol. The summed E-state index contributed by atoms with van der Waals surface area (Å²) in [6.07, 6.45) is 8.15. The highest BCUT2D eigenvalue weighted by Crippen LogP contribution is 2.38. The van der Waals surface area contributed by atoms with E-state index in [1.165, 1.54) is 5.69 Å². The molecule has 1 unspecified atom stereocenters. The molecule has 184 valence electrons. The van der Waals surface area contributed by atoms with E-state index in [4.69, 9.17) is 0 Å². The lowest BCUT2D eigenvalue weighted by Crippen LogP contribution is -2.49. The summed E-state index contributed by atoms with van der Waals surface area (Å²) in [5, 5.41) is 3.55. The Kier molecular flexibility index (Phi) is 5.66. The maximum Gasteiger partial charge on any atom is 0.227 e. The van der Waals surface area contributed by atoms with Crippen LogP contribution in [0, 0.1) is 11.3 Å². The molecular formula is C27H33BrN6O. The number of anilines is 2. The van der Waals surface area contributed by atoms with Crippen LogP contribution in [0.1, 0.15) is 32.6 Å². The number of aromatic amines is 1. The molecule has 1 N–H and O–H groups in total. The minimum absolute atomic E-state index is 0.0301. The quantitative estimate of drug-likeness (QED) is 0.442. The van der Waals surface area contributed by atoms with Crippen molar-refractivity contribution in [1.29, 1.82) is 0 Å². The summed E-state index contributed by atoms with van der Waals surface area (Å²) in [6, 6.07) is 10.7. The lowest BCUT2D eigenvalue weighted by molar-refractivity contribution is -0.136. The molecule has 3 aromatic rings. The fourth-order valence-corrected chi connectivity index (χ4v) is 6.38. The first-order valence-electron chi connectivity index (χ1n) is 12.7. The van der Waals surface area contributed by atoms with Gasteiger partial charge in [0.05, 0.1) is 29.2 Å². The molecule has 7 heterocycles. The van der Waals surface area contributed by atoms with Gasteiger partial charge < -0.3 is 14.7 Å². The second kappa shape index (κ2) is 8.73. The zero-order valence-corrected chi connectivity index (χ0v) is 22.1. The van der Waals surface area contributed by atoms with Gasteiger partial charge in [0.15, 0.2) is 0 Å². The third-order valence-electron chi connectivity index (χ3n) is 8.15. The highest BCUT2D eigenvalue weighted by molar-refractivity contribution is 9.10. The largest absolute Gasteiger partial charge is 0.370 e. The summed E-state index contributed by atoms with van der Waals surface area (Å²) in [5.74, 6) is 1.26. The summed E-state index contributed by atoms with van der Waals surface area (Å²) in [7, 11) is 2.00. The standard InChI is InChI=1S/C27H33BrN6O/c1-27-8-12-32(13-9-27)24-15-21(28)5-6-23(24)34-17-22(30-34)19-7-10-29-25(14-19)33-11-3-4-20(16-33)26(35)31(2)18-27/h5-7,10,14-15,17,20,30H,3-4,8-9,11-13,16,18H2,1-2H3. The van der Waals surface area contributed by atoms with Gasteiger partial charge in [0.2, 0.25) is 5.91 Å². The van der Waals surface area contributed by atoms with Gasteiger partial charge in [-0.15, -0.1) is 0 Å². The van der Waals surface area contributed by atoms with Crippen LogP contribution >= 0.6 is 15.9 Å². The molecule has 35 heavy (non-hydrogen) atoms.